The molecule has 0 radical (unpaired) electrons. The van der Waals surface area contributed by atoms with Crippen molar-refractivity contribution in [2.24, 2.45) is 5.92 Å². The molecule has 0 bridgehead atoms. The molecule has 0 aliphatic carbocycles. The Bertz CT molecular complexity index is 136. The van der Waals surface area contributed by atoms with Gasteiger partial charge in [-0.15, -0.1) is 0 Å². The summed E-state index contributed by atoms with van der Waals surface area (Å²) in [5.41, 5.74) is 0. The largest absolute Gasteiger partial charge is 0.542 e. The van der Waals surface area contributed by atoms with Crippen LogP contribution in [0.15, 0.2) is 0 Å². The van der Waals surface area contributed by atoms with E-state index in [4.69, 9.17) is 4.74 Å². The zero-order valence-electron chi connectivity index (χ0n) is 8.24. The van der Waals surface area contributed by atoms with Crippen LogP contribution in [0.3, 0.4) is 0 Å². The molecule has 5 heteroatoms. The second-order valence-electron chi connectivity index (χ2n) is 2.77. The van der Waals surface area contributed by atoms with Crippen molar-refractivity contribution in [2.45, 2.75) is 26.7 Å². The molecule has 0 saturated heterocycles. The molecule has 0 spiro atoms. The third-order valence-corrected chi connectivity index (χ3v) is 1.44. The van der Waals surface area contributed by atoms with E-state index >= 15 is 0 Å². The molecule has 0 N–H and O–H groups in total. The lowest BCUT2D eigenvalue weighted by molar-refractivity contribution is -0.475. The number of ether oxygens (including phenoxy) is 1. The molecule has 78 valence electrons. The minimum Gasteiger partial charge on any atom is -0.432 e. The maximum absolute atomic E-state index is 10.7. The lowest BCUT2D eigenvalue weighted by atomic mass is 10.1. The molecule has 13 heavy (non-hydrogen) atoms. The first-order chi connectivity index (χ1) is 6.20. The summed E-state index contributed by atoms with van der Waals surface area (Å²) in [6.07, 6.45) is 1.19. The molecule has 0 aliphatic heterocycles. The predicted molar refractivity (Wildman–Crippen MR) is 44.6 cm³/mol. The maximum Gasteiger partial charge on any atom is 0.542 e. The fraction of sp³-hybridized carbons (Fsp3) is 0.875. The molecule has 0 amide bonds. The van der Waals surface area contributed by atoms with Crippen LogP contribution in [0.25, 0.3) is 0 Å². The monoisotopic (exact) mass is 192 g/mol. The first-order valence-corrected chi connectivity index (χ1v) is 4.24. The van der Waals surface area contributed by atoms with Gasteiger partial charge in [-0.3, -0.25) is 0 Å². The third kappa shape index (κ3) is 7.55. The molecule has 0 aromatic rings. The van der Waals surface area contributed by atoms with Crippen molar-refractivity contribution in [1.29, 1.82) is 0 Å². The van der Waals surface area contributed by atoms with Crippen LogP contribution in [-0.2, 0) is 19.6 Å². The zero-order valence-corrected chi connectivity index (χ0v) is 8.24. The van der Waals surface area contributed by atoms with E-state index in [1.54, 1.807) is 0 Å². The Morgan fingerprint density at radius 2 is 2.15 bits per heavy atom. The quantitative estimate of drug-likeness (QED) is 0.366. The maximum atomic E-state index is 10.7. The van der Waals surface area contributed by atoms with Crippen molar-refractivity contribution < 1.29 is 24.3 Å². The summed E-state index contributed by atoms with van der Waals surface area (Å²) in [5.74, 6) is 0.333. The minimum absolute atomic E-state index is 0.333. The summed E-state index contributed by atoms with van der Waals surface area (Å²) < 4.78 is 4.69. The molecule has 0 rings (SSSR count). The van der Waals surface area contributed by atoms with E-state index in [1.165, 1.54) is 7.11 Å². The van der Waals surface area contributed by atoms with Crippen LogP contribution < -0.4 is 0 Å². The lowest BCUT2D eigenvalue weighted by Gasteiger charge is -2.08. The van der Waals surface area contributed by atoms with E-state index in [1.807, 2.05) is 6.92 Å². The second kappa shape index (κ2) is 7.82. The Kier molecular flexibility index (Phi) is 7.33. The number of hydrogen-bond acceptors (Lipinski definition) is 5. The van der Waals surface area contributed by atoms with Crippen LogP contribution in [0, 0.1) is 5.92 Å². The van der Waals surface area contributed by atoms with Gasteiger partial charge in [0.15, 0.2) is 0 Å². The zero-order chi connectivity index (χ0) is 10.1. The second-order valence-corrected chi connectivity index (χ2v) is 2.77. The number of hydrogen-bond donors (Lipinski definition) is 0. The van der Waals surface area contributed by atoms with Gasteiger partial charge in [-0.1, -0.05) is 20.3 Å². The van der Waals surface area contributed by atoms with E-state index < -0.39 is 6.16 Å². The van der Waals surface area contributed by atoms with Crippen LogP contribution in [0.1, 0.15) is 26.7 Å². The fourth-order valence-electron chi connectivity index (χ4n) is 0.872. The van der Waals surface area contributed by atoms with Gasteiger partial charge in [0, 0.05) is 0 Å². The molecular formula is C8H16O5. The van der Waals surface area contributed by atoms with Gasteiger partial charge in [0.05, 0.1) is 13.7 Å². The summed E-state index contributed by atoms with van der Waals surface area (Å²) >= 11 is 0. The van der Waals surface area contributed by atoms with E-state index in [2.05, 4.69) is 21.7 Å². The van der Waals surface area contributed by atoms with E-state index in [0.717, 1.165) is 12.8 Å². The number of carbonyl (C=O) groups excluding carboxylic acids is 1. The average Bonchev–Trinajstić information content (AvgIpc) is 2.12. The molecule has 0 aliphatic rings. The van der Waals surface area contributed by atoms with Crippen LogP contribution in [0.2, 0.25) is 0 Å². The molecule has 0 aromatic heterocycles. The van der Waals surface area contributed by atoms with Gasteiger partial charge in [-0.25, -0.2) is 9.68 Å². The van der Waals surface area contributed by atoms with Crippen molar-refractivity contribution >= 4 is 6.16 Å². The van der Waals surface area contributed by atoms with E-state index in [-0.39, 0.29) is 0 Å². The summed E-state index contributed by atoms with van der Waals surface area (Å²) in [6.45, 7) is 4.40. The summed E-state index contributed by atoms with van der Waals surface area (Å²) in [5, 5.41) is 3.91. The average molecular weight is 192 g/mol. The van der Waals surface area contributed by atoms with Gasteiger partial charge in [0.1, 0.15) is 0 Å². The van der Waals surface area contributed by atoms with Gasteiger partial charge >= 0.3 is 6.16 Å². The van der Waals surface area contributed by atoms with Crippen molar-refractivity contribution in [3.8, 4) is 0 Å². The van der Waals surface area contributed by atoms with E-state index in [9.17, 15) is 4.79 Å². The molecule has 1 unspecified atom stereocenters. The fourth-order valence-corrected chi connectivity index (χ4v) is 0.872. The lowest BCUT2D eigenvalue weighted by Crippen LogP contribution is -2.13. The highest BCUT2D eigenvalue weighted by Crippen LogP contribution is 2.05. The Labute approximate surface area is 77.8 Å². The normalized spacial score (nSPS) is 12.2. The highest BCUT2D eigenvalue weighted by atomic mass is 17.5. The molecule has 1 atom stereocenters. The third-order valence-electron chi connectivity index (χ3n) is 1.44. The minimum atomic E-state index is -0.884. The Balaban J connectivity index is 3.34. The molecular weight excluding hydrogens is 176 g/mol. The summed E-state index contributed by atoms with van der Waals surface area (Å²) in [6, 6.07) is 0. The first-order valence-electron chi connectivity index (χ1n) is 4.24. The molecule has 5 nitrogen and oxygen atoms in total. The number of rotatable bonds is 6. The highest BCUT2D eigenvalue weighted by molar-refractivity contribution is 5.58. The van der Waals surface area contributed by atoms with Crippen molar-refractivity contribution in [2.75, 3.05) is 13.7 Å². The van der Waals surface area contributed by atoms with Crippen molar-refractivity contribution in [1.82, 2.24) is 0 Å². The van der Waals surface area contributed by atoms with Crippen LogP contribution in [0.4, 0.5) is 4.79 Å². The SMILES string of the molecule is CCCC(C)COC(=O)OOOC. The van der Waals surface area contributed by atoms with Gasteiger partial charge in [0.2, 0.25) is 0 Å². The van der Waals surface area contributed by atoms with Crippen LogP contribution in [-0.4, -0.2) is 19.9 Å². The van der Waals surface area contributed by atoms with E-state index in [0.29, 0.717) is 12.5 Å². The van der Waals surface area contributed by atoms with Crippen molar-refractivity contribution in [3.05, 3.63) is 0 Å². The first kappa shape index (κ1) is 12.2. The van der Waals surface area contributed by atoms with Crippen LogP contribution >= 0.6 is 0 Å². The Hall–Kier alpha value is -0.810. The molecule has 0 fully saturated rings. The smallest absolute Gasteiger partial charge is 0.432 e. The summed E-state index contributed by atoms with van der Waals surface area (Å²) in [7, 11) is 1.23. The van der Waals surface area contributed by atoms with Crippen molar-refractivity contribution in [3.63, 3.8) is 0 Å². The molecule has 0 saturated carbocycles. The standard InChI is InChI=1S/C8H16O5/c1-4-5-7(2)6-11-8(9)12-13-10-3/h7H,4-6H2,1-3H3. The molecule has 0 heterocycles. The Morgan fingerprint density at radius 1 is 1.46 bits per heavy atom. The topological polar surface area (TPSA) is 54.0 Å². The summed E-state index contributed by atoms with van der Waals surface area (Å²) in [4.78, 5) is 18.7. The van der Waals surface area contributed by atoms with Gasteiger partial charge < -0.3 is 4.74 Å². The highest BCUT2D eigenvalue weighted by Gasteiger charge is 2.08. The van der Waals surface area contributed by atoms with Gasteiger partial charge in [-0.2, -0.15) is 4.89 Å². The predicted octanol–water partition coefficient (Wildman–Crippen LogP) is 2.07. The Morgan fingerprint density at radius 3 is 2.69 bits per heavy atom. The van der Waals surface area contributed by atoms with Gasteiger partial charge in [0.25, 0.3) is 0 Å². The number of carbonyl (C=O) groups is 1. The molecule has 0 aromatic carbocycles. The van der Waals surface area contributed by atoms with Gasteiger partial charge in [-0.05, 0) is 17.4 Å². The van der Waals surface area contributed by atoms with Crippen LogP contribution in [0.5, 0.6) is 0 Å².